The molecule has 2 atom stereocenters. The second kappa shape index (κ2) is 6.95. The summed E-state index contributed by atoms with van der Waals surface area (Å²) in [4.78, 5) is 12.2. The molecule has 0 bridgehead atoms. The fraction of sp³-hybridized carbons (Fsp3) is 0.500. The van der Waals surface area contributed by atoms with Crippen LogP contribution in [0.2, 0.25) is 0 Å². The molecule has 20 heavy (non-hydrogen) atoms. The van der Waals surface area contributed by atoms with Gasteiger partial charge >= 0.3 is 0 Å². The zero-order chi connectivity index (χ0) is 14.4. The van der Waals surface area contributed by atoms with Crippen molar-refractivity contribution in [2.24, 2.45) is 5.92 Å². The van der Waals surface area contributed by atoms with E-state index in [0.717, 1.165) is 25.7 Å². The topological polar surface area (TPSA) is 62.1 Å². The molecule has 1 saturated carbocycles. The van der Waals surface area contributed by atoms with Crippen molar-refractivity contribution >= 4 is 5.91 Å². The summed E-state index contributed by atoms with van der Waals surface area (Å²) in [6, 6.07) is 9.43. The van der Waals surface area contributed by atoms with Crippen LogP contribution in [0.4, 0.5) is 0 Å². The SMILES string of the molecule is CCCOc1cccc(C(=O)NC2CCCC2C#N)c1. The predicted octanol–water partition coefficient (Wildman–Crippen LogP) is 2.90. The first-order chi connectivity index (χ1) is 9.74. The molecular formula is C16H20N2O2. The van der Waals surface area contributed by atoms with E-state index >= 15 is 0 Å². The van der Waals surface area contributed by atoms with Crippen molar-refractivity contribution in [3.63, 3.8) is 0 Å². The van der Waals surface area contributed by atoms with E-state index in [1.54, 1.807) is 12.1 Å². The van der Waals surface area contributed by atoms with Gasteiger partial charge in [-0.2, -0.15) is 5.26 Å². The minimum atomic E-state index is -0.126. The first-order valence-electron chi connectivity index (χ1n) is 7.18. The molecule has 0 heterocycles. The molecule has 2 rings (SSSR count). The van der Waals surface area contributed by atoms with E-state index in [1.807, 2.05) is 19.1 Å². The number of carbonyl (C=O) groups is 1. The third-order valence-electron chi connectivity index (χ3n) is 3.57. The Bertz CT molecular complexity index is 507. The fourth-order valence-corrected chi connectivity index (χ4v) is 2.49. The highest BCUT2D eigenvalue weighted by molar-refractivity contribution is 5.94. The highest BCUT2D eigenvalue weighted by Gasteiger charge is 2.28. The van der Waals surface area contributed by atoms with Crippen LogP contribution in [0.1, 0.15) is 43.0 Å². The fourth-order valence-electron chi connectivity index (χ4n) is 2.49. The van der Waals surface area contributed by atoms with Gasteiger partial charge in [0.25, 0.3) is 5.91 Å². The van der Waals surface area contributed by atoms with Crippen LogP contribution in [-0.4, -0.2) is 18.6 Å². The van der Waals surface area contributed by atoms with Crippen LogP contribution in [0.25, 0.3) is 0 Å². The maximum atomic E-state index is 12.2. The lowest BCUT2D eigenvalue weighted by Gasteiger charge is -2.16. The van der Waals surface area contributed by atoms with E-state index in [1.165, 1.54) is 0 Å². The van der Waals surface area contributed by atoms with Crippen molar-refractivity contribution in [3.05, 3.63) is 29.8 Å². The first kappa shape index (κ1) is 14.4. The van der Waals surface area contributed by atoms with E-state index in [-0.39, 0.29) is 17.9 Å². The number of hydrogen-bond donors (Lipinski definition) is 1. The van der Waals surface area contributed by atoms with Crippen molar-refractivity contribution in [1.29, 1.82) is 5.26 Å². The van der Waals surface area contributed by atoms with Gasteiger partial charge in [0.15, 0.2) is 0 Å². The molecule has 4 heteroatoms. The van der Waals surface area contributed by atoms with Gasteiger partial charge in [0.2, 0.25) is 0 Å². The first-order valence-corrected chi connectivity index (χ1v) is 7.18. The molecule has 1 aromatic rings. The number of carbonyl (C=O) groups excluding carboxylic acids is 1. The Morgan fingerprint density at radius 1 is 1.50 bits per heavy atom. The molecule has 4 nitrogen and oxygen atoms in total. The zero-order valence-corrected chi connectivity index (χ0v) is 11.8. The van der Waals surface area contributed by atoms with Crippen molar-refractivity contribution in [2.45, 2.75) is 38.6 Å². The normalized spacial score (nSPS) is 21.2. The summed E-state index contributed by atoms with van der Waals surface area (Å²) in [5.41, 5.74) is 0.585. The average molecular weight is 272 g/mol. The monoisotopic (exact) mass is 272 g/mol. The molecule has 0 saturated heterocycles. The lowest BCUT2D eigenvalue weighted by molar-refractivity contribution is 0.0932. The number of ether oxygens (including phenoxy) is 1. The molecule has 0 spiro atoms. The van der Waals surface area contributed by atoms with Gasteiger partial charge in [-0.15, -0.1) is 0 Å². The van der Waals surface area contributed by atoms with Gasteiger partial charge in [-0.1, -0.05) is 13.0 Å². The van der Waals surface area contributed by atoms with Crippen molar-refractivity contribution < 1.29 is 9.53 Å². The lowest BCUT2D eigenvalue weighted by atomic mass is 10.1. The number of nitrogens with zero attached hydrogens (tertiary/aromatic N) is 1. The largest absolute Gasteiger partial charge is 0.494 e. The van der Waals surface area contributed by atoms with Gasteiger partial charge in [-0.3, -0.25) is 4.79 Å². The number of rotatable bonds is 5. The number of nitrogens with one attached hydrogen (secondary N) is 1. The summed E-state index contributed by atoms with van der Waals surface area (Å²) in [6.45, 7) is 2.68. The third-order valence-corrected chi connectivity index (χ3v) is 3.57. The Hall–Kier alpha value is -2.02. The summed E-state index contributed by atoms with van der Waals surface area (Å²) in [6.07, 6.45) is 3.70. The third kappa shape index (κ3) is 3.51. The van der Waals surface area contributed by atoms with Crippen LogP contribution in [0, 0.1) is 17.2 Å². The Labute approximate surface area is 119 Å². The van der Waals surface area contributed by atoms with Gasteiger partial charge in [-0.05, 0) is 43.9 Å². The van der Waals surface area contributed by atoms with Crippen molar-refractivity contribution in [3.8, 4) is 11.8 Å². The van der Waals surface area contributed by atoms with Crippen LogP contribution in [0.3, 0.4) is 0 Å². The second-order valence-electron chi connectivity index (χ2n) is 5.12. The second-order valence-corrected chi connectivity index (χ2v) is 5.12. The molecule has 0 aromatic heterocycles. The van der Waals surface area contributed by atoms with Crippen LogP contribution in [0.15, 0.2) is 24.3 Å². The Morgan fingerprint density at radius 3 is 3.10 bits per heavy atom. The quantitative estimate of drug-likeness (QED) is 0.896. The molecule has 2 unspecified atom stereocenters. The smallest absolute Gasteiger partial charge is 0.251 e. The predicted molar refractivity (Wildman–Crippen MR) is 76.4 cm³/mol. The van der Waals surface area contributed by atoms with E-state index < -0.39 is 0 Å². The van der Waals surface area contributed by atoms with E-state index in [4.69, 9.17) is 10.00 Å². The van der Waals surface area contributed by atoms with Crippen LogP contribution >= 0.6 is 0 Å². The van der Waals surface area contributed by atoms with E-state index in [9.17, 15) is 4.79 Å². The number of nitriles is 1. The molecule has 1 aromatic carbocycles. The highest BCUT2D eigenvalue weighted by atomic mass is 16.5. The Morgan fingerprint density at radius 2 is 2.35 bits per heavy atom. The van der Waals surface area contributed by atoms with E-state index in [0.29, 0.717) is 17.9 Å². The number of benzene rings is 1. The highest BCUT2D eigenvalue weighted by Crippen LogP contribution is 2.25. The molecule has 1 fully saturated rings. The Balaban J connectivity index is 2.00. The molecular weight excluding hydrogens is 252 g/mol. The minimum Gasteiger partial charge on any atom is -0.494 e. The molecule has 106 valence electrons. The molecule has 0 radical (unpaired) electrons. The zero-order valence-electron chi connectivity index (χ0n) is 11.8. The minimum absolute atomic E-state index is 0.0206. The summed E-state index contributed by atoms with van der Waals surface area (Å²) in [5.74, 6) is 0.528. The average Bonchev–Trinajstić information content (AvgIpc) is 2.92. The van der Waals surface area contributed by atoms with Crippen molar-refractivity contribution in [1.82, 2.24) is 5.32 Å². The van der Waals surface area contributed by atoms with Gasteiger partial charge in [0.05, 0.1) is 18.6 Å². The van der Waals surface area contributed by atoms with Gasteiger partial charge < -0.3 is 10.1 Å². The molecule has 1 aliphatic carbocycles. The maximum absolute atomic E-state index is 12.2. The standard InChI is InChI=1S/C16H20N2O2/c1-2-9-20-14-7-3-5-12(10-14)16(19)18-15-8-4-6-13(15)11-17/h3,5,7,10,13,15H,2,4,6,8-9H2,1H3,(H,18,19). The molecule has 1 N–H and O–H groups in total. The summed E-state index contributed by atoms with van der Waals surface area (Å²) in [7, 11) is 0. The van der Waals surface area contributed by atoms with E-state index in [2.05, 4.69) is 11.4 Å². The summed E-state index contributed by atoms with van der Waals surface area (Å²) < 4.78 is 5.53. The molecule has 1 aliphatic rings. The lowest BCUT2D eigenvalue weighted by Crippen LogP contribution is -2.36. The summed E-state index contributed by atoms with van der Waals surface area (Å²) >= 11 is 0. The number of hydrogen-bond acceptors (Lipinski definition) is 3. The summed E-state index contributed by atoms with van der Waals surface area (Å²) in [5, 5.41) is 12.0. The maximum Gasteiger partial charge on any atom is 0.251 e. The van der Waals surface area contributed by atoms with Gasteiger partial charge in [0, 0.05) is 11.6 Å². The van der Waals surface area contributed by atoms with Gasteiger partial charge in [0.1, 0.15) is 5.75 Å². The van der Waals surface area contributed by atoms with Gasteiger partial charge in [-0.25, -0.2) is 0 Å². The Kier molecular flexibility index (Phi) is 5.00. The number of amides is 1. The van der Waals surface area contributed by atoms with Crippen molar-refractivity contribution in [2.75, 3.05) is 6.61 Å². The van der Waals surface area contributed by atoms with Crippen LogP contribution in [0.5, 0.6) is 5.75 Å². The van der Waals surface area contributed by atoms with Crippen LogP contribution in [-0.2, 0) is 0 Å². The molecule has 1 amide bonds. The van der Waals surface area contributed by atoms with Crippen LogP contribution < -0.4 is 10.1 Å². The molecule has 0 aliphatic heterocycles.